The van der Waals surface area contributed by atoms with Gasteiger partial charge in [0, 0.05) is 22.2 Å². The van der Waals surface area contributed by atoms with Crippen LogP contribution in [-0.4, -0.2) is 18.5 Å². The molecule has 1 amide bonds. The fourth-order valence-corrected chi connectivity index (χ4v) is 3.72. The lowest BCUT2D eigenvalue weighted by molar-refractivity contribution is -0.117. The Morgan fingerprint density at radius 2 is 2.14 bits per heavy atom. The van der Waals surface area contributed by atoms with E-state index in [1.807, 2.05) is 12.1 Å². The van der Waals surface area contributed by atoms with E-state index in [9.17, 15) is 9.59 Å². The molecule has 0 saturated carbocycles. The standard InChI is InChI=1S/C16H17NO3S/c1-4-20-15(19)13-6-9-5-11-10(7-12(9)21-13)16(2,3)8-14(18)17-11/h5-7H,4,8H2,1-3H3,(H,17,18). The molecule has 1 N–H and O–H groups in total. The summed E-state index contributed by atoms with van der Waals surface area (Å²) < 4.78 is 6.09. The average molecular weight is 303 g/mol. The van der Waals surface area contributed by atoms with Crippen molar-refractivity contribution in [2.45, 2.75) is 32.6 Å². The zero-order chi connectivity index (χ0) is 15.2. The van der Waals surface area contributed by atoms with Crippen LogP contribution in [0.2, 0.25) is 0 Å². The first-order valence-corrected chi connectivity index (χ1v) is 7.77. The monoisotopic (exact) mass is 303 g/mol. The molecule has 0 radical (unpaired) electrons. The fraction of sp³-hybridized carbons (Fsp3) is 0.375. The van der Waals surface area contributed by atoms with Crippen LogP contribution in [0, 0.1) is 0 Å². The highest BCUT2D eigenvalue weighted by Crippen LogP contribution is 2.41. The predicted molar refractivity (Wildman–Crippen MR) is 84.1 cm³/mol. The quantitative estimate of drug-likeness (QED) is 0.861. The number of amides is 1. The summed E-state index contributed by atoms with van der Waals surface area (Å²) in [5, 5.41) is 3.88. The molecule has 5 heteroatoms. The molecule has 1 aliphatic heterocycles. The Morgan fingerprint density at radius 1 is 1.38 bits per heavy atom. The molecule has 2 aromatic rings. The number of ether oxygens (including phenoxy) is 1. The third kappa shape index (κ3) is 2.42. The lowest BCUT2D eigenvalue weighted by atomic mass is 9.78. The maximum atomic E-state index is 11.8. The second kappa shape index (κ2) is 4.84. The SMILES string of the molecule is CCOC(=O)c1cc2cc3c(cc2s1)C(C)(C)CC(=O)N3. The molecule has 3 rings (SSSR count). The molecule has 0 unspecified atom stereocenters. The van der Waals surface area contributed by atoms with E-state index in [-0.39, 0.29) is 17.3 Å². The van der Waals surface area contributed by atoms with E-state index in [2.05, 4.69) is 25.2 Å². The highest BCUT2D eigenvalue weighted by molar-refractivity contribution is 7.20. The van der Waals surface area contributed by atoms with Crippen LogP contribution in [0.3, 0.4) is 0 Å². The molecule has 0 aliphatic carbocycles. The van der Waals surface area contributed by atoms with Crippen molar-refractivity contribution in [2.24, 2.45) is 0 Å². The highest BCUT2D eigenvalue weighted by Gasteiger charge is 2.32. The number of esters is 1. The van der Waals surface area contributed by atoms with Crippen molar-refractivity contribution in [1.29, 1.82) is 0 Å². The lowest BCUT2D eigenvalue weighted by Crippen LogP contribution is -2.32. The van der Waals surface area contributed by atoms with Crippen LogP contribution in [0.1, 0.15) is 42.4 Å². The number of fused-ring (bicyclic) bond motifs is 2. The van der Waals surface area contributed by atoms with Gasteiger partial charge in [-0.2, -0.15) is 0 Å². The molecule has 110 valence electrons. The summed E-state index contributed by atoms with van der Waals surface area (Å²) >= 11 is 1.43. The van der Waals surface area contributed by atoms with Gasteiger partial charge < -0.3 is 10.1 Å². The molecule has 0 fully saturated rings. The number of carbonyl (C=O) groups is 2. The van der Waals surface area contributed by atoms with Crippen LogP contribution in [-0.2, 0) is 14.9 Å². The molecule has 0 spiro atoms. The van der Waals surface area contributed by atoms with Crippen LogP contribution in [0.15, 0.2) is 18.2 Å². The zero-order valence-corrected chi connectivity index (χ0v) is 13.1. The Hall–Kier alpha value is -1.88. The first-order chi connectivity index (χ1) is 9.90. The Balaban J connectivity index is 2.12. The molecular formula is C16H17NO3S. The smallest absolute Gasteiger partial charge is 0.348 e. The van der Waals surface area contributed by atoms with E-state index in [0.29, 0.717) is 17.9 Å². The van der Waals surface area contributed by atoms with Crippen LogP contribution in [0.5, 0.6) is 0 Å². The predicted octanol–water partition coefficient (Wildman–Crippen LogP) is 3.70. The largest absolute Gasteiger partial charge is 0.462 e. The lowest BCUT2D eigenvalue weighted by Gasteiger charge is -2.32. The summed E-state index contributed by atoms with van der Waals surface area (Å²) in [6, 6.07) is 5.85. The summed E-state index contributed by atoms with van der Waals surface area (Å²) in [5.74, 6) is -0.257. The van der Waals surface area contributed by atoms with Crippen LogP contribution >= 0.6 is 11.3 Å². The van der Waals surface area contributed by atoms with Crippen molar-refractivity contribution in [3.63, 3.8) is 0 Å². The van der Waals surface area contributed by atoms with E-state index in [1.165, 1.54) is 11.3 Å². The van der Waals surface area contributed by atoms with Crippen molar-refractivity contribution >= 4 is 39.0 Å². The van der Waals surface area contributed by atoms with Gasteiger partial charge >= 0.3 is 5.97 Å². The van der Waals surface area contributed by atoms with Crippen molar-refractivity contribution in [3.8, 4) is 0 Å². The number of rotatable bonds is 2. The van der Waals surface area contributed by atoms with E-state index in [0.717, 1.165) is 21.3 Å². The topological polar surface area (TPSA) is 55.4 Å². The van der Waals surface area contributed by atoms with Gasteiger partial charge in [0.05, 0.1) is 6.61 Å². The first-order valence-electron chi connectivity index (χ1n) is 6.96. The second-order valence-corrected chi connectivity index (χ2v) is 6.96. The van der Waals surface area contributed by atoms with Crippen LogP contribution < -0.4 is 5.32 Å². The molecule has 1 aromatic carbocycles. The van der Waals surface area contributed by atoms with Gasteiger partial charge in [0.1, 0.15) is 4.88 Å². The van der Waals surface area contributed by atoms with Gasteiger partial charge in [-0.05, 0) is 36.1 Å². The Morgan fingerprint density at radius 3 is 2.86 bits per heavy atom. The van der Waals surface area contributed by atoms with Crippen molar-refractivity contribution in [2.75, 3.05) is 11.9 Å². The third-order valence-electron chi connectivity index (χ3n) is 3.74. The maximum Gasteiger partial charge on any atom is 0.348 e. The molecule has 0 saturated heterocycles. The van der Waals surface area contributed by atoms with Crippen LogP contribution in [0.4, 0.5) is 5.69 Å². The van der Waals surface area contributed by atoms with Crippen molar-refractivity contribution < 1.29 is 14.3 Å². The summed E-state index contributed by atoms with van der Waals surface area (Å²) in [6.07, 6.45) is 0.474. The van der Waals surface area contributed by atoms with Crippen molar-refractivity contribution in [3.05, 3.63) is 28.6 Å². The zero-order valence-electron chi connectivity index (χ0n) is 12.3. The summed E-state index contributed by atoms with van der Waals surface area (Å²) in [5.41, 5.74) is 1.77. The molecule has 1 aromatic heterocycles. The average Bonchev–Trinajstić information content (AvgIpc) is 2.79. The van der Waals surface area contributed by atoms with Gasteiger partial charge in [-0.15, -0.1) is 11.3 Å². The molecule has 2 heterocycles. The minimum Gasteiger partial charge on any atom is -0.462 e. The molecular weight excluding hydrogens is 286 g/mol. The summed E-state index contributed by atoms with van der Waals surface area (Å²) in [4.78, 5) is 24.2. The van der Waals surface area contributed by atoms with Gasteiger partial charge in [-0.1, -0.05) is 13.8 Å². The number of nitrogens with one attached hydrogen (secondary N) is 1. The normalized spacial score (nSPS) is 16.4. The maximum absolute atomic E-state index is 11.8. The van der Waals surface area contributed by atoms with Gasteiger partial charge in [0.2, 0.25) is 5.91 Å². The fourth-order valence-electron chi connectivity index (χ4n) is 2.74. The summed E-state index contributed by atoms with van der Waals surface area (Å²) in [7, 11) is 0. The van der Waals surface area contributed by atoms with E-state index < -0.39 is 0 Å². The van der Waals surface area contributed by atoms with Crippen LogP contribution in [0.25, 0.3) is 10.1 Å². The Labute approximate surface area is 127 Å². The molecule has 21 heavy (non-hydrogen) atoms. The highest BCUT2D eigenvalue weighted by atomic mass is 32.1. The van der Waals surface area contributed by atoms with E-state index in [4.69, 9.17) is 4.74 Å². The molecule has 1 aliphatic rings. The Bertz CT molecular complexity index is 745. The van der Waals surface area contributed by atoms with E-state index in [1.54, 1.807) is 6.92 Å². The van der Waals surface area contributed by atoms with Gasteiger partial charge in [0.25, 0.3) is 0 Å². The number of benzene rings is 1. The van der Waals surface area contributed by atoms with Crippen molar-refractivity contribution in [1.82, 2.24) is 0 Å². The molecule has 0 bridgehead atoms. The summed E-state index contributed by atoms with van der Waals surface area (Å²) in [6.45, 7) is 6.29. The first kappa shape index (κ1) is 14.1. The number of hydrogen-bond donors (Lipinski definition) is 1. The minimum atomic E-state index is -0.292. The Kier molecular flexibility index (Phi) is 3.24. The van der Waals surface area contributed by atoms with Gasteiger partial charge in [-0.3, -0.25) is 4.79 Å². The number of hydrogen-bond acceptors (Lipinski definition) is 4. The number of carbonyl (C=O) groups excluding carboxylic acids is 2. The molecule has 0 atom stereocenters. The minimum absolute atomic E-state index is 0.0349. The van der Waals surface area contributed by atoms with Gasteiger partial charge in [0.15, 0.2) is 0 Å². The second-order valence-electron chi connectivity index (χ2n) is 5.88. The van der Waals surface area contributed by atoms with E-state index >= 15 is 0 Å². The number of thiophene rings is 1. The molecule has 4 nitrogen and oxygen atoms in total. The number of anilines is 1. The third-order valence-corrected chi connectivity index (χ3v) is 4.82. The van der Waals surface area contributed by atoms with Gasteiger partial charge in [-0.25, -0.2) is 4.79 Å².